The van der Waals surface area contributed by atoms with Gasteiger partial charge in [0.25, 0.3) is 0 Å². The Morgan fingerprint density at radius 3 is 2.52 bits per heavy atom. The van der Waals surface area contributed by atoms with Crippen LogP contribution in [-0.2, 0) is 9.53 Å². The van der Waals surface area contributed by atoms with Gasteiger partial charge in [0, 0.05) is 25.3 Å². The maximum Gasteiger partial charge on any atom is 0.308 e. The molecule has 0 radical (unpaired) electrons. The minimum Gasteiger partial charge on any atom is -0.469 e. The third-order valence-electron chi connectivity index (χ3n) is 4.07. The second-order valence-corrected chi connectivity index (χ2v) is 5.45. The van der Waals surface area contributed by atoms with Crippen molar-refractivity contribution in [1.82, 2.24) is 5.32 Å². The largest absolute Gasteiger partial charge is 0.469 e. The monoisotopic (exact) mass is 292 g/mol. The summed E-state index contributed by atoms with van der Waals surface area (Å²) in [6, 6.07) is 7.99. The van der Waals surface area contributed by atoms with Gasteiger partial charge in [0.2, 0.25) is 0 Å². The fourth-order valence-electron chi connectivity index (χ4n) is 2.76. The van der Waals surface area contributed by atoms with Gasteiger partial charge in [-0.05, 0) is 37.6 Å². The second kappa shape index (κ2) is 7.43. The molecule has 5 heteroatoms. The van der Waals surface area contributed by atoms with E-state index < -0.39 is 6.10 Å². The van der Waals surface area contributed by atoms with Crippen molar-refractivity contribution in [3.63, 3.8) is 0 Å². The highest BCUT2D eigenvalue weighted by atomic mass is 16.5. The third-order valence-corrected chi connectivity index (χ3v) is 4.07. The molecule has 0 aromatic heterocycles. The molecule has 21 heavy (non-hydrogen) atoms. The van der Waals surface area contributed by atoms with Gasteiger partial charge in [0.05, 0.1) is 19.1 Å². The van der Waals surface area contributed by atoms with Crippen LogP contribution in [0.1, 0.15) is 24.5 Å². The highest BCUT2D eigenvalue weighted by molar-refractivity contribution is 5.72. The molecule has 1 heterocycles. The van der Waals surface area contributed by atoms with Crippen molar-refractivity contribution in [3.05, 3.63) is 29.8 Å². The Balaban J connectivity index is 1.93. The lowest BCUT2D eigenvalue weighted by atomic mass is 9.96. The van der Waals surface area contributed by atoms with E-state index >= 15 is 0 Å². The van der Waals surface area contributed by atoms with Crippen molar-refractivity contribution >= 4 is 11.7 Å². The number of anilines is 1. The van der Waals surface area contributed by atoms with Crippen LogP contribution >= 0.6 is 0 Å². The van der Waals surface area contributed by atoms with Gasteiger partial charge in [-0.3, -0.25) is 4.79 Å². The molecule has 5 nitrogen and oxygen atoms in total. The molecule has 1 aliphatic heterocycles. The summed E-state index contributed by atoms with van der Waals surface area (Å²) in [5, 5.41) is 12.9. The van der Waals surface area contributed by atoms with E-state index in [0.29, 0.717) is 6.54 Å². The van der Waals surface area contributed by atoms with Crippen LogP contribution in [0.5, 0.6) is 0 Å². The van der Waals surface area contributed by atoms with Gasteiger partial charge in [-0.15, -0.1) is 0 Å². The van der Waals surface area contributed by atoms with E-state index in [0.717, 1.165) is 37.2 Å². The van der Waals surface area contributed by atoms with Gasteiger partial charge in [-0.1, -0.05) is 12.1 Å². The summed E-state index contributed by atoms with van der Waals surface area (Å²) in [6.45, 7) is 2.26. The van der Waals surface area contributed by atoms with Crippen LogP contribution in [0.3, 0.4) is 0 Å². The zero-order valence-corrected chi connectivity index (χ0v) is 12.7. The summed E-state index contributed by atoms with van der Waals surface area (Å²) < 4.78 is 4.80. The molecule has 2 N–H and O–H groups in total. The van der Waals surface area contributed by atoms with Crippen LogP contribution < -0.4 is 10.2 Å². The molecule has 0 amide bonds. The van der Waals surface area contributed by atoms with Gasteiger partial charge >= 0.3 is 5.97 Å². The molecule has 2 rings (SSSR count). The Bertz CT molecular complexity index is 453. The van der Waals surface area contributed by atoms with E-state index in [1.165, 1.54) is 7.11 Å². The smallest absolute Gasteiger partial charge is 0.308 e. The molecule has 1 aliphatic rings. The third kappa shape index (κ3) is 3.95. The Morgan fingerprint density at radius 2 is 2.00 bits per heavy atom. The lowest BCUT2D eigenvalue weighted by molar-refractivity contribution is -0.146. The Morgan fingerprint density at radius 1 is 1.38 bits per heavy atom. The standard InChI is InChI=1S/C16H24N2O3/c1-17-11-15(19)12-3-5-14(6-4-12)18-9-7-13(8-10-18)16(20)21-2/h3-6,13,15,17,19H,7-11H2,1-2H3. The number of benzene rings is 1. The number of nitrogens with one attached hydrogen (secondary N) is 1. The average molecular weight is 292 g/mol. The predicted octanol–water partition coefficient (Wildman–Crippen LogP) is 1.33. The summed E-state index contributed by atoms with van der Waals surface area (Å²) in [5.41, 5.74) is 2.05. The van der Waals surface area contributed by atoms with Gasteiger partial charge in [0.1, 0.15) is 0 Å². The summed E-state index contributed by atoms with van der Waals surface area (Å²) in [7, 11) is 3.27. The SMILES string of the molecule is CNCC(O)c1ccc(N2CCC(C(=O)OC)CC2)cc1. The molecule has 1 atom stereocenters. The highest BCUT2D eigenvalue weighted by Crippen LogP contribution is 2.25. The lowest BCUT2D eigenvalue weighted by Crippen LogP contribution is -2.36. The number of ether oxygens (including phenoxy) is 1. The minimum atomic E-state index is -0.478. The highest BCUT2D eigenvalue weighted by Gasteiger charge is 2.25. The number of aliphatic hydroxyl groups is 1. The number of rotatable bonds is 5. The zero-order chi connectivity index (χ0) is 15.2. The van der Waals surface area contributed by atoms with Crippen molar-refractivity contribution in [3.8, 4) is 0 Å². The molecule has 116 valence electrons. The number of nitrogens with zero attached hydrogens (tertiary/aromatic N) is 1. The van der Waals surface area contributed by atoms with Crippen LogP contribution in [0.2, 0.25) is 0 Å². The number of piperidine rings is 1. The predicted molar refractivity (Wildman–Crippen MR) is 82.3 cm³/mol. The second-order valence-electron chi connectivity index (χ2n) is 5.45. The number of methoxy groups -OCH3 is 1. The molecule has 1 unspecified atom stereocenters. The quantitative estimate of drug-likeness (QED) is 0.802. The first-order valence-electron chi connectivity index (χ1n) is 7.41. The van der Waals surface area contributed by atoms with Crippen LogP contribution in [-0.4, -0.2) is 44.9 Å². The van der Waals surface area contributed by atoms with Crippen LogP contribution in [0.25, 0.3) is 0 Å². The molecular weight excluding hydrogens is 268 g/mol. The number of esters is 1. The zero-order valence-electron chi connectivity index (χ0n) is 12.7. The van der Waals surface area contributed by atoms with Crippen LogP contribution in [0.15, 0.2) is 24.3 Å². The number of hydrogen-bond acceptors (Lipinski definition) is 5. The normalized spacial score (nSPS) is 17.6. The molecule has 1 fully saturated rings. The number of carbonyl (C=O) groups is 1. The number of hydrogen-bond donors (Lipinski definition) is 2. The van der Waals surface area contributed by atoms with E-state index in [4.69, 9.17) is 4.74 Å². The summed E-state index contributed by atoms with van der Waals surface area (Å²) in [5.74, 6) is -0.0665. The van der Waals surface area contributed by atoms with Crippen molar-refractivity contribution in [2.45, 2.75) is 18.9 Å². The first-order chi connectivity index (χ1) is 10.2. The summed E-state index contributed by atoms with van der Waals surface area (Å²) in [6.07, 6.45) is 1.18. The molecule has 1 saturated heterocycles. The van der Waals surface area contributed by atoms with Crippen molar-refractivity contribution in [1.29, 1.82) is 0 Å². The minimum absolute atomic E-state index is 0.0305. The van der Waals surface area contributed by atoms with Gasteiger partial charge < -0.3 is 20.1 Å². The molecule has 0 saturated carbocycles. The Kier molecular flexibility index (Phi) is 5.59. The van der Waals surface area contributed by atoms with Crippen molar-refractivity contribution in [2.24, 2.45) is 5.92 Å². The van der Waals surface area contributed by atoms with Crippen LogP contribution in [0, 0.1) is 5.92 Å². The number of aliphatic hydroxyl groups excluding tert-OH is 1. The molecule has 0 spiro atoms. The lowest BCUT2D eigenvalue weighted by Gasteiger charge is -2.32. The van der Waals surface area contributed by atoms with Gasteiger partial charge in [-0.25, -0.2) is 0 Å². The van der Waals surface area contributed by atoms with Gasteiger partial charge in [-0.2, -0.15) is 0 Å². The molecule has 0 aliphatic carbocycles. The van der Waals surface area contributed by atoms with E-state index in [1.54, 1.807) is 0 Å². The maximum absolute atomic E-state index is 11.5. The Labute approximate surface area is 125 Å². The first kappa shape index (κ1) is 15.8. The number of likely N-dealkylation sites (N-methyl/N-ethyl adjacent to an activating group) is 1. The maximum atomic E-state index is 11.5. The average Bonchev–Trinajstić information content (AvgIpc) is 2.54. The molecule has 1 aromatic carbocycles. The van der Waals surface area contributed by atoms with E-state index in [-0.39, 0.29) is 11.9 Å². The van der Waals surface area contributed by atoms with E-state index in [2.05, 4.69) is 10.2 Å². The Hall–Kier alpha value is -1.59. The van der Waals surface area contributed by atoms with Crippen molar-refractivity contribution < 1.29 is 14.6 Å². The summed E-state index contributed by atoms with van der Waals surface area (Å²) >= 11 is 0. The van der Waals surface area contributed by atoms with E-state index in [9.17, 15) is 9.90 Å². The van der Waals surface area contributed by atoms with Crippen molar-refractivity contribution in [2.75, 3.05) is 38.7 Å². The fraction of sp³-hybridized carbons (Fsp3) is 0.562. The van der Waals surface area contributed by atoms with Gasteiger partial charge in [0.15, 0.2) is 0 Å². The fourth-order valence-corrected chi connectivity index (χ4v) is 2.76. The topological polar surface area (TPSA) is 61.8 Å². The molecular formula is C16H24N2O3. The van der Waals surface area contributed by atoms with Crippen LogP contribution in [0.4, 0.5) is 5.69 Å². The van der Waals surface area contributed by atoms with E-state index in [1.807, 2.05) is 31.3 Å². The number of carbonyl (C=O) groups excluding carboxylic acids is 1. The summed E-state index contributed by atoms with van der Waals surface area (Å²) in [4.78, 5) is 13.8. The first-order valence-corrected chi connectivity index (χ1v) is 7.41. The molecule has 0 bridgehead atoms. The molecule has 1 aromatic rings.